The Kier molecular flexibility index (Phi) is 8.67. The van der Waals surface area contributed by atoms with E-state index in [4.69, 9.17) is 4.42 Å². The Labute approximate surface area is 453 Å². The molecule has 0 spiro atoms. The molecule has 0 N–H and O–H groups in total. The Bertz CT molecular complexity index is 5570. The van der Waals surface area contributed by atoms with Crippen LogP contribution in [0, 0.1) is 0 Å². The summed E-state index contributed by atoms with van der Waals surface area (Å²) < 4.78 is 19.1. The molecule has 6 aromatic heterocycles. The number of nitrogens with zero attached hydrogens (tertiary/aromatic N) is 3. The van der Waals surface area contributed by atoms with E-state index in [1.54, 1.807) is 0 Å². The average Bonchev–Trinajstić information content (AvgIpc) is 4.47. The van der Waals surface area contributed by atoms with Gasteiger partial charge in [0.1, 0.15) is 11.2 Å². The smallest absolute Gasteiger partial charge is 0.135 e. The fourth-order valence-corrected chi connectivity index (χ4v) is 15.8. The van der Waals surface area contributed by atoms with Crippen molar-refractivity contribution in [3.8, 4) is 39.3 Å². The number of hydrogen-bond acceptors (Lipinski definition) is 3. The molecule has 0 amide bonds. The van der Waals surface area contributed by atoms with Crippen molar-refractivity contribution in [3.05, 3.63) is 249 Å². The minimum absolute atomic E-state index is 0.881. The third-order valence-electron chi connectivity index (χ3n) is 16.6. The van der Waals surface area contributed by atoms with Crippen molar-refractivity contribution in [1.82, 2.24) is 13.7 Å². The topological polar surface area (TPSA) is 27.9 Å². The largest absolute Gasteiger partial charge is 0.456 e. The molecule has 0 aliphatic rings. The van der Waals surface area contributed by atoms with E-state index in [1.165, 1.54) is 128 Å². The van der Waals surface area contributed by atoms with E-state index < -0.39 is 0 Å². The van der Waals surface area contributed by atoms with E-state index in [0.29, 0.717) is 0 Å². The number of fused-ring (bicyclic) bond motifs is 20. The normalized spacial score (nSPS) is 12.4. The number of aromatic nitrogens is 3. The van der Waals surface area contributed by atoms with Crippen LogP contribution >= 0.6 is 22.7 Å². The van der Waals surface area contributed by atoms with Crippen molar-refractivity contribution in [3.63, 3.8) is 0 Å². The molecule has 12 aromatic carbocycles. The van der Waals surface area contributed by atoms with Gasteiger partial charge < -0.3 is 18.1 Å². The van der Waals surface area contributed by atoms with Crippen LogP contribution in [-0.2, 0) is 0 Å². The summed E-state index contributed by atoms with van der Waals surface area (Å²) in [5.74, 6) is 0. The third-order valence-corrected chi connectivity index (χ3v) is 19.0. The van der Waals surface area contributed by atoms with E-state index in [-0.39, 0.29) is 0 Å². The maximum absolute atomic E-state index is 6.52. The molecule has 0 aliphatic heterocycles. The van der Waals surface area contributed by atoms with Crippen molar-refractivity contribution >= 4 is 150 Å². The molecule has 78 heavy (non-hydrogen) atoms. The Morgan fingerprint density at radius 1 is 0.256 bits per heavy atom. The molecular formula is C72H41N3OS2. The molecule has 0 unspecified atom stereocenters. The summed E-state index contributed by atoms with van der Waals surface area (Å²) in [5, 5.41) is 14.9. The van der Waals surface area contributed by atoms with Crippen LogP contribution in [0.25, 0.3) is 167 Å². The van der Waals surface area contributed by atoms with Crippen LogP contribution in [0.5, 0.6) is 0 Å². The van der Waals surface area contributed by atoms with Gasteiger partial charge in [0.2, 0.25) is 0 Å². The summed E-state index contributed by atoms with van der Waals surface area (Å²) >= 11 is 3.84. The lowest BCUT2D eigenvalue weighted by Gasteiger charge is -2.12. The zero-order valence-electron chi connectivity index (χ0n) is 41.7. The quantitative estimate of drug-likeness (QED) is 0.169. The van der Waals surface area contributed by atoms with Gasteiger partial charge in [0.25, 0.3) is 0 Å². The minimum atomic E-state index is 0.881. The van der Waals surface area contributed by atoms with E-state index in [2.05, 4.69) is 262 Å². The zero-order valence-corrected chi connectivity index (χ0v) is 43.4. The van der Waals surface area contributed by atoms with Crippen LogP contribution in [0.2, 0.25) is 0 Å². The van der Waals surface area contributed by atoms with Crippen molar-refractivity contribution in [2.24, 2.45) is 0 Å². The van der Waals surface area contributed by atoms with Crippen molar-refractivity contribution < 1.29 is 4.42 Å². The van der Waals surface area contributed by atoms with Crippen LogP contribution in [0.1, 0.15) is 0 Å². The summed E-state index contributed by atoms with van der Waals surface area (Å²) in [6.45, 7) is 0. The molecule has 0 bridgehead atoms. The number of rotatable bonds is 5. The van der Waals surface area contributed by atoms with Crippen molar-refractivity contribution in [1.29, 1.82) is 0 Å². The highest BCUT2D eigenvalue weighted by molar-refractivity contribution is 7.27. The molecule has 362 valence electrons. The maximum Gasteiger partial charge on any atom is 0.135 e. The number of benzene rings is 12. The predicted octanol–water partition coefficient (Wildman–Crippen LogP) is 20.9. The summed E-state index contributed by atoms with van der Waals surface area (Å²) in [5.41, 5.74) is 17.1. The Morgan fingerprint density at radius 3 is 1.38 bits per heavy atom. The molecule has 0 aliphatic carbocycles. The fraction of sp³-hybridized carbons (Fsp3) is 0. The van der Waals surface area contributed by atoms with Crippen LogP contribution < -0.4 is 0 Å². The first-order valence-electron chi connectivity index (χ1n) is 26.6. The monoisotopic (exact) mass is 1030 g/mol. The van der Waals surface area contributed by atoms with E-state index in [0.717, 1.165) is 39.0 Å². The van der Waals surface area contributed by atoms with Gasteiger partial charge in [-0.05, 0) is 126 Å². The van der Waals surface area contributed by atoms with Crippen LogP contribution in [0.3, 0.4) is 0 Å². The first-order valence-corrected chi connectivity index (χ1v) is 28.2. The van der Waals surface area contributed by atoms with Crippen molar-refractivity contribution in [2.75, 3.05) is 0 Å². The molecular weight excluding hydrogens is 987 g/mol. The van der Waals surface area contributed by atoms with E-state index in [9.17, 15) is 0 Å². The van der Waals surface area contributed by atoms with Gasteiger partial charge in [0.15, 0.2) is 0 Å². The first-order chi connectivity index (χ1) is 38.7. The summed E-state index contributed by atoms with van der Waals surface area (Å²) in [6, 6.07) is 91.9. The van der Waals surface area contributed by atoms with E-state index in [1.807, 2.05) is 22.7 Å². The van der Waals surface area contributed by atoms with Crippen molar-refractivity contribution in [2.45, 2.75) is 0 Å². The highest BCUT2D eigenvalue weighted by Gasteiger charge is 2.27. The Balaban J connectivity index is 1.00. The highest BCUT2D eigenvalue weighted by Crippen LogP contribution is 2.54. The molecule has 18 aromatic rings. The van der Waals surface area contributed by atoms with Gasteiger partial charge in [0.05, 0.1) is 33.1 Å². The maximum atomic E-state index is 6.52. The van der Waals surface area contributed by atoms with E-state index >= 15 is 0 Å². The summed E-state index contributed by atoms with van der Waals surface area (Å²) in [4.78, 5) is 0. The Hall–Kier alpha value is -9.72. The van der Waals surface area contributed by atoms with Crippen LogP contribution in [-0.4, -0.2) is 13.7 Å². The highest BCUT2D eigenvalue weighted by atomic mass is 32.1. The van der Waals surface area contributed by atoms with Gasteiger partial charge in [-0.25, -0.2) is 0 Å². The lowest BCUT2D eigenvalue weighted by atomic mass is 9.94. The molecule has 4 nitrogen and oxygen atoms in total. The molecule has 0 saturated heterocycles. The van der Waals surface area contributed by atoms with Gasteiger partial charge in [-0.2, -0.15) is 0 Å². The molecule has 0 fully saturated rings. The van der Waals surface area contributed by atoms with Gasteiger partial charge >= 0.3 is 0 Å². The average molecular weight is 1030 g/mol. The lowest BCUT2D eigenvalue weighted by Crippen LogP contribution is -1.95. The molecule has 18 rings (SSSR count). The van der Waals surface area contributed by atoms with Gasteiger partial charge in [-0.3, -0.25) is 0 Å². The minimum Gasteiger partial charge on any atom is -0.456 e. The third kappa shape index (κ3) is 5.82. The van der Waals surface area contributed by atoms with Gasteiger partial charge in [0, 0.05) is 106 Å². The second-order valence-corrected chi connectivity index (χ2v) is 22.8. The van der Waals surface area contributed by atoms with Gasteiger partial charge in [-0.1, -0.05) is 140 Å². The summed E-state index contributed by atoms with van der Waals surface area (Å²) in [6.07, 6.45) is 0. The standard InChI is InChI=1S/C72H41N3OS2/c1-3-17-44(18-4-1)73-57-26-12-7-21-47(57)54-37-42(31-34-59(54)73)52-40-62-70(72-67(52)50-24-10-15-29-65(50)78-72)69-61(75(62)46-33-36-64-56(39-46)49-23-9-14-28-63(49)76-64)41-53(71-68(69)51-25-11-16-30-66(51)77-71)43-32-35-60-55(38-43)48-22-8-13-27-58(48)74(60)45-19-5-2-6-20-45/h1-41H. The SMILES string of the molecule is c1ccc(-n2c3ccccc3c3cc(-c4cc5c(c6c4sc4ccccc46)c4c6sc7ccccc7c6c(-c6ccc7c(c6)c6ccccc6n7-c6ccccc6)cc4n5-c4ccc5oc6ccccc6c5c4)ccc32)cc1. The first kappa shape index (κ1) is 42.5. The molecule has 6 heteroatoms. The molecule has 0 atom stereocenters. The molecule has 0 radical (unpaired) electrons. The number of furan rings is 1. The number of para-hydroxylation sites is 5. The summed E-state index contributed by atoms with van der Waals surface area (Å²) in [7, 11) is 0. The second-order valence-electron chi connectivity index (χ2n) is 20.7. The Morgan fingerprint density at radius 2 is 0.731 bits per heavy atom. The lowest BCUT2D eigenvalue weighted by molar-refractivity contribution is 0.669. The number of hydrogen-bond donors (Lipinski definition) is 0. The number of thiophene rings is 2. The van der Waals surface area contributed by atoms with Gasteiger partial charge in [-0.15, -0.1) is 22.7 Å². The predicted molar refractivity (Wildman–Crippen MR) is 333 cm³/mol. The zero-order chi connectivity index (χ0) is 50.7. The van der Waals surface area contributed by atoms with Crippen LogP contribution in [0.15, 0.2) is 253 Å². The fourth-order valence-electron chi connectivity index (χ4n) is 13.3. The molecule has 0 saturated carbocycles. The second kappa shape index (κ2) is 15.9. The molecule has 6 heterocycles. The van der Waals surface area contributed by atoms with Crippen LogP contribution in [0.4, 0.5) is 0 Å².